The predicted molar refractivity (Wildman–Crippen MR) is 94.9 cm³/mol. The molecule has 0 saturated heterocycles. The Hall–Kier alpha value is -2.76. The van der Waals surface area contributed by atoms with Gasteiger partial charge in [0, 0.05) is 26.0 Å². The highest BCUT2D eigenvalue weighted by Gasteiger charge is 2.10. The molecule has 1 aromatic carbocycles. The first kappa shape index (κ1) is 16.1. The molecule has 3 rings (SSSR count). The number of pyridine rings is 1. The van der Waals surface area contributed by atoms with E-state index < -0.39 is 0 Å². The maximum atomic E-state index is 13.2. The molecule has 0 amide bonds. The van der Waals surface area contributed by atoms with E-state index in [0.29, 0.717) is 12.4 Å². The molecule has 0 aliphatic heterocycles. The molecule has 5 nitrogen and oxygen atoms in total. The van der Waals surface area contributed by atoms with E-state index in [4.69, 9.17) is 0 Å². The Bertz CT molecular complexity index is 892. The number of anilines is 2. The maximum absolute atomic E-state index is 13.2. The van der Waals surface area contributed by atoms with Gasteiger partial charge in [0.05, 0.1) is 23.1 Å². The lowest BCUT2D eigenvalue weighted by atomic mass is 10.1. The maximum Gasteiger partial charge on any atom is 0.158 e. The van der Waals surface area contributed by atoms with Crippen LogP contribution < -0.4 is 10.2 Å². The summed E-state index contributed by atoms with van der Waals surface area (Å²) in [7, 11) is 3.94. The van der Waals surface area contributed by atoms with Gasteiger partial charge in [-0.3, -0.25) is 4.98 Å². The zero-order chi connectivity index (χ0) is 17.3. The zero-order valence-electron chi connectivity index (χ0n) is 14.3. The summed E-state index contributed by atoms with van der Waals surface area (Å²) < 4.78 is 13.2. The summed E-state index contributed by atoms with van der Waals surface area (Å²) in [5, 5.41) is 12.7. The molecule has 0 radical (unpaired) electrons. The first-order chi connectivity index (χ1) is 11.5. The summed E-state index contributed by atoms with van der Waals surface area (Å²) in [6.07, 6.45) is 1.82. The second-order valence-corrected chi connectivity index (χ2v) is 6.04. The quantitative estimate of drug-likeness (QED) is 0.796. The highest BCUT2D eigenvalue weighted by Crippen LogP contribution is 2.25. The zero-order valence-corrected chi connectivity index (χ0v) is 14.3. The molecule has 2 aromatic heterocycles. The highest BCUT2D eigenvalue weighted by atomic mass is 19.1. The third-order valence-corrected chi connectivity index (χ3v) is 4.04. The molecule has 0 bridgehead atoms. The first-order valence-corrected chi connectivity index (χ1v) is 7.75. The van der Waals surface area contributed by atoms with Crippen molar-refractivity contribution in [2.75, 3.05) is 24.3 Å². The number of nitrogens with one attached hydrogen (secondary N) is 1. The van der Waals surface area contributed by atoms with Crippen LogP contribution in [0.4, 0.5) is 15.9 Å². The lowest BCUT2D eigenvalue weighted by Crippen LogP contribution is -2.10. The summed E-state index contributed by atoms with van der Waals surface area (Å²) >= 11 is 0. The molecule has 3 aromatic rings. The topological polar surface area (TPSA) is 53.9 Å². The lowest BCUT2D eigenvalue weighted by molar-refractivity contribution is 0.625. The van der Waals surface area contributed by atoms with Gasteiger partial charge in [-0.2, -0.15) is 5.10 Å². The molecular formula is C18H20FN5. The van der Waals surface area contributed by atoms with Gasteiger partial charge in [0.2, 0.25) is 0 Å². The van der Waals surface area contributed by atoms with Crippen LogP contribution in [0.5, 0.6) is 0 Å². The normalized spacial score (nSPS) is 10.9. The SMILES string of the molecule is Cc1cc(F)ccc1CNc1nnc(C)c2ncc(N(C)C)cc12. The Morgan fingerprint density at radius 3 is 2.62 bits per heavy atom. The number of aryl methyl sites for hydroxylation is 2. The molecule has 0 spiro atoms. The van der Waals surface area contributed by atoms with Gasteiger partial charge in [0.15, 0.2) is 5.82 Å². The van der Waals surface area contributed by atoms with Crippen LogP contribution in [0.2, 0.25) is 0 Å². The molecule has 0 saturated carbocycles. The molecule has 0 atom stereocenters. The average Bonchev–Trinajstić information content (AvgIpc) is 2.55. The van der Waals surface area contributed by atoms with Gasteiger partial charge in [-0.15, -0.1) is 5.10 Å². The summed E-state index contributed by atoms with van der Waals surface area (Å²) in [5.41, 5.74) is 4.53. The van der Waals surface area contributed by atoms with E-state index in [-0.39, 0.29) is 5.82 Å². The number of aromatic nitrogens is 3. The monoisotopic (exact) mass is 325 g/mol. The minimum absolute atomic E-state index is 0.225. The molecular weight excluding hydrogens is 305 g/mol. The Labute approximate surface area is 140 Å². The fourth-order valence-corrected chi connectivity index (χ4v) is 2.56. The van der Waals surface area contributed by atoms with E-state index in [1.807, 2.05) is 45.1 Å². The summed E-state index contributed by atoms with van der Waals surface area (Å²) in [4.78, 5) is 6.51. The van der Waals surface area contributed by atoms with Crippen molar-refractivity contribution in [3.05, 3.63) is 53.1 Å². The van der Waals surface area contributed by atoms with E-state index in [1.54, 1.807) is 6.07 Å². The molecule has 0 aliphatic carbocycles. The minimum atomic E-state index is -0.225. The summed E-state index contributed by atoms with van der Waals surface area (Å²) in [6, 6.07) is 6.82. The van der Waals surface area contributed by atoms with Crippen LogP contribution in [0, 0.1) is 19.7 Å². The van der Waals surface area contributed by atoms with Gasteiger partial charge < -0.3 is 10.2 Å². The van der Waals surface area contributed by atoms with Gasteiger partial charge in [0.1, 0.15) is 5.82 Å². The number of benzene rings is 1. The van der Waals surface area contributed by atoms with Gasteiger partial charge >= 0.3 is 0 Å². The van der Waals surface area contributed by atoms with Crippen molar-refractivity contribution in [1.82, 2.24) is 15.2 Å². The van der Waals surface area contributed by atoms with Gasteiger partial charge in [-0.25, -0.2) is 4.39 Å². The minimum Gasteiger partial charge on any atom is -0.376 e. The standard InChI is InChI=1S/C18H20FN5/c1-11-7-14(19)6-5-13(11)9-21-18-16-8-15(24(3)4)10-20-17(16)12(2)22-23-18/h5-8,10H,9H2,1-4H3,(H,21,23). The third kappa shape index (κ3) is 3.13. The molecule has 124 valence electrons. The fourth-order valence-electron chi connectivity index (χ4n) is 2.56. The van der Waals surface area contributed by atoms with E-state index in [1.165, 1.54) is 12.1 Å². The third-order valence-electron chi connectivity index (χ3n) is 4.04. The predicted octanol–water partition coefficient (Wildman–Crippen LogP) is 3.46. The van der Waals surface area contributed by atoms with Crippen molar-refractivity contribution in [2.24, 2.45) is 0 Å². The second kappa shape index (κ2) is 6.39. The van der Waals surface area contributed by atoms with Crippen LogP contribution in [0.15, 0.2) is 30.5 Å². The molecule has 24 heavy (non-hydrogen) atoms. The Balaban J connectivity index is 1.96. The fraction of sp³-hybridized carbons (Fsp3) is 0.278. The van der Waals surface area contributed by atoms with E-state index in [0.717, 1.165) is 33.4 Å². The van der Waals surface area contributed by atoms with Crippen LogP contribution in [0.25, 0.3) is 10.9 Å². The Morgan fingerprint density at radius 1 is 1.12 bits per heavy atom. The van der Waals surface area contributed by atoms with Crippen molar-refractivity contribution >= 4 is 22.4 Å². The molecule has 2 heterocycles. The lowest BCUT2D eigenvalue weighted by Gasteiger charge is -2.15. The second-order valence-electron chi connectivity index (χ2n) is 6.04. The largest absolute Gasteiger partial charge is 0.376 e. The van der Waals surface area contributed by atoms with E-state index >= 15 is 0 Å². The molecule has 6 heteroatoms. The smallest absolute Gasteiger partial charge is 0.158 e. The summed E-state index contributed by atoms with van der Waals surface area (Å²) in [5.74, 6) is 0.451. The van der Waals surface area contributed by atoms with Crippen LogP contribution in [0.1, 0.15) is 16.8 Å². The van der Waals surface area contributed by atoms with Crippen molar-refractivity contribution in [2.45, 2.75) is 20.4 Å². The number of halogens is 1. The van der Waals surface area contributed by atoms with Crippen LogP contribution in [-0.2, 0) is 6.54 Å². The molecule has 1 N–H and O–H groups in total. The van der Waals surface area contributed by atoms with Gasteiger partial charge in [-0.05, 0) is 43.2 Å². The number of nitrogens with zero attached hydrogens (tertiary/aromatic N) is 4. The number of fused-ring (bicyclic) bond motifs is 1. The van der Waals surface area contributed by atoms with Crippen LogP contribution in [0.3, 0.4) is 0 Å². The average molecular weight is 325 g/mol. The number of hydrogen-bond donors (Lipinski definition) is 1. The van der Waals surface area contributed by atoms with E-state index in [2.05, 4.69) is 20.5 Å². The van der Waals surface area contributed by atoms with Crippen molar-refractivity contribution in [3.63, 3.8) is 0 Å². The van der Waals surface area contributed by atoms with E-state index in [9.17, 15) is 4.39 Å². The van der Waals surface area contributed by atoms with Crippen LogP contribution in [-0.4, -0.2) is 29.3 Å². The number of hydrogen-bond acceptors (Lipinski definition) is 5. The number of rotatable bonds is 4. The van der Waals surface area contributed by atoms with Crippen molar-refractivity contribution < 1.29 is 4.39 Å². The Morgan fingerprint density at radius 2 is 1.92 bits per heavy atom. The van der Waals surface area contributed by atoms with Crippen LogP contribution >= 0.6 is 0 Å². The Kier molecular flexibility index (Phi) is 4.29. The summed E-state index contributed by atoms with van der Waals surface area (Å²) in [6.45, 7) is 4.33. The highest BCUT2D eigenvalue weighted by molar-refractivity contribution is 5.92. The molecule has 0 fully saturated rings. The molecule has 0 aliphatic rings. The first-order valence-electron chi connectivity index (χ1n) is 7.75. The molecule has 0 unspecified atom stereocenters. The van der Waals surface area contributed by atoms with Gasteiger partial charge in [0.25, 0.3) is 0 Å². The van der Waals surface area contributed by atoms with Gasteiger partial charge in [-0.1, -0.05) is 6.07 Å². The van der Waals surface area contributed by atoms with Crippen molar-refractivity contribution in [1.29, 1.82) is 0 Å². The van der Waals surface area contributed by atoms with Crippen molar-refractivity contribution in [3.8, 4) is 0 Å².